The number of rotatable bonds is 2. The highest BCUT2D eigenvalue weighted by molar-refractivity contribution is 5.90. The van der Waals surface area contributed by atoms with E-state index in [2.05, 4.69) is 0 Å². The number of carboxylic acid groups (broad SMARTS) is 1. The van der Waals surface area contributed by atoms with Crippen molar-refractivity contribution in [2.75, 3.05) is 0 Å². The molecule has 21 heavy (non-hydrogen) atoms. The molecular formula is C14H7F5O2. The standard InChI is InChI=1S/C14H7F5O2/c15-11-5-4-7(6-10(11)14(17,18)19)8-2-1-3-9(12(8)16)13(20)21/h1-6H,(H,20,21). The van der Waals surface area contributed by atoms with Gasteiger partial charge in [-0.1, -0.05) is 18.2 Å². The molecule has 0 aliphatic carbocycles. The second-order valence-electron chi connectivity index (χ2n) is 4.16. The Balaban J connectivity index is 2.64. The van der Waals surface area contributed by atoms with Crippen LogP contribution >= 0.6 is 0 Å². The van der Waals surface area contributed by atoms with Crippen molar-refractivity contribution in [3.05, 3.63) is 59.2 Å². The number of benzene rings is 2. The lowest BCUT2D eigenvalue weighted by atomic mass is 9.99. The van der Waals surface area contributed by atoms with Crippen molar-refractivity contribution < 1.29 is 31.9 Å². The summed E-state index contributed by atoms with van der Waals surface area (Å²) in [5.41, 5.74) is -2.82. The summed E-state index contributed by atoms with van der Waals surface area (Å²) in [4.78, 5) is 10.8. The van der Waals surface area contributed by atoms with Crippen LogP contribution < -0.4 is 0 Å². The van der Waals surface area contributed by atoms with Crippen LogP contribution in [0.4, 0.5) is 22.0 Å². The summed E-state index contributed by atoms with van der Waals surface area (Å²) >= 11 is 0. The second-order valence-corrected chi connectivity index (χ2v) is 4.16. The van der Waals surface area contributed by atoms with Gasteiger partial charge in [-0.25, -0.2) is 13.6 Å². The van der Waals surface area contributed by atoms with E-state index in [4.69, 9.17) is 5.11 Å². The zero-order valence-electron chi connectivity index (χ0n) is 10.2. The van der Waals surface area contributed by atoms with E-state index in [0.29, 0.717) is 12.1 Å². The molecule has 0 saturated carbocycles. The van der Waals surface area contributed by atoms with E-state index in [1.54, 1.807) is 0 Å². The number of hydrogen-bond acceptors (Lipinski definition) is 1. The van der Waals surface area contributed by atoms with E-state index in [0.717, 1.165) is 18.2 Å². The molecule has 7 heteroatoms. The van der Waals surface area contributed by atoms with Crippen molar-refractivity contribution in [2.24, 2.45) is 0 Å². The minimum atomic E-state index is -4.93. The highest BCUT2D eigenvalue weighted by atomic mass is 19.4. The first-order chi connectivity index (χ1) is 9.71. The molecule has 0 aromatic heterocycles. The van der Waals surface area contributed by atoms with Crippen molar-refractivity contribution in [1.29, 1.82) is 0 Å². The molecule has 0 heterocycles. The Morgan fingerprint density at radius 2 is 1.71 bits per heavy atom. The van der Waals surface area contributed by atoms with Crippen molar-refractivity contribution in [2.45, 2.75) is 6.18 Å². The van der Waals surface area contributed by atoms with Gasteiger partial charge in [0.25, 0.3) is 0 Å². The predicted octanol–water partition coefficient (Wildman–Crippen LogP) is 4.35. The monoisotopic (exact) mass is 302 g/mol. The van der Waals surface area contributed by atoms with E-state index in [-0.39, 0.29) is 11.1 Å². The first-order valence-electron chi connectivity index (χ1n) is 5.60. The summed E-state index contributed by atoms with van der Waals surface area (Å²) in [7, 11) is 0. The molecule has 0 aliphatic rings. The van der Waals surface area contributed by atoms with Gasteiger partial charge >= 0.3 is 12.1 Å². The zero-order valence-corrected chi connectivity index (χ0v) is 10.2. The van der Waals surface area contributed by atoms with Crippen LogP contribution in [0.1, 0.15) is 15.9 Å². The van der Waals surface area contributed by atoms with Crippen LogP contribution in [0.25, 0.3) is 11.1 Å². The molecule has 1 N–H and O–H groups in total. The number of halogens is 5. The SMILES string of the molecule is O=C(O)c1cccc(-c2ccc(F)c(C(F)(F)F)c2)c1F. The quantitative estimate of drug-likeness (QED) is 0.837. The van der Waals surface area contributed by atoms with Crippen LogP contribution in [0.3, 0.4) is 0 Å². The van der Waals surface area contributed by atoms with E-state index < -0.39 is 34.9 Å². The Hall–Kier alpha value is -2.44. The Morgan fingerprint density at radius 1 is 1.05 bits per heavy atom. The summed E-state index contributed by atoms with van der Waals surface area (Å²) in [6.07, 6.45) is -4.93. The molecule has 0 bridgehead atoms. The maximum absolute atomic E-state index is 14.0. The van der Waals surface area contributed by atoms with Crippen molar-refractivity contribution in [3.8, 4) is 11.1 Å². The van der Waals surface area contributed by atoms with Crippen LogP contribution in [0.2, 0.25) is 0 Å². The third kappa shape index (κ3) is 2.86. The lowest BCUT2D eigenvalue weighted by molar-refractivity contribution is -0.139. The third-order valence-electron chi connectivity index (χ3n) is 2.81. The van der Waals surface area contributed by atoms with Gasteiger partial charge in [0.1, 0.15) is 11.6 Å². The summed E-state index contributed by atoms with van der Waals surface area (Å²) in [6.45, 7) is 0. The van der Waals surface area contributed by atoms with E-state index in [1.165, 1.54) is 6.07 Å². The Morgan fingerprint density at radius 3 is 2.29 bits per heavy atom. The normalized spacial score (nSPS) is 11.5. The van der Waals surface area contributed by atoms with Gasteiger partial charge in [0, 0.05) is 5.56 Å². The van der Waals surface area contributed by atoms with Crippen molar-refractivity contribution >= 4 is 5.97 Å². The number of aromatic carboxylic acids is 1. The first kappa shape index (κ1) is 15.0. The van der Waals surface area contributed by atoms with E-state index in [9.17, 15) is 26.7 Å². The fraction of sp³-hybridized carbons (Fsp3) is 0.0714. The average molecular weight is 302 g/mol. The number of hydrogen-bond donors (Lipinski definition) is 1. The van der Waals surface area contributed by atoms with Gasteiger partial charge in [-0.05, 0) is 23.8 Å². The fourth-order valence-electron chi connectivity index (χ4n) is 1.83. The lowest BCUT2D eigenvalue weighted by Gasteiger charge is -2.11. The van der Waals surface area contributed by atoms with Crippen molar-refractivity contribution in [1.82, 2.24) is 0 Å². The average Bonchev–Trinajstić information content (AvgIpc) is 2.38. The van der Waals surface area contributed by atoms with Crippen LogP contribution in [0.15, 0.2) is 36.4 Å². The maximum Gasteiger partial charge on any atom is 0.419 e. The molecule has 0 spiro atoms. The van der Waals surface area contributed by atoms with Gasteiger partial charge in [0.2, 0.25) is 0 Å². The van der Waals surface area contributed by atoms with Gasteiger partial charge < -0.3 is 5.11 Å². The molecule has 2 rings (SSSR count). The number of carbonyl (C=O) groups is 1. The molecular weight excluding hydrogens is 295 g/mol. The Kier molecular flexibility index (Phi) is 3.67. The zero-order chi connectivity index (χ0) is 15.8. The molecule has 2 aromatic rings. The minimum Gasteiger partial charge on any atom is -0.478 e. The molecule has 0 saturated heterocycles. The minimum absolute atomic E-state index is 0.260. The molecule has 2 nitrogen and oxygen atoms in total. The van der Waals surface area contributed by atoms with Crippen LogP contribution in [-0.2, 0) is 6.18 Å². The maximum atomic E-state index is 14.0. The second kappa shape index (κ2) is 5.16. The highest BCUT2D eigenvalue weighted by Crippen LogP contribution is 2.35. The summed E-state index contributed by atoms with van der Waals surface area (Å²) in [5, 5.41) is 8.78. The van der Waals surface area contributed by atoms with Gasteiger partial charge in [-0.15, -0.1) is 0 Å². The molecule has 0 atom stereocenters. The summed E-state index contributed by atoms with van der Waals surface area (Å²) < 4.78 is 65.0. The van der Waals surface area contributed by atoms with Crippen LogP contribution in [-0.4, -0.2) is 11.1 Å². The largest absolute Gasteiger partial charge is 0.478 e. The van der Waals surface area contributed by atoms with Crippen molar-refractivity contribution in [3.63, 3.8) is 0 Å². The first-order valence-corrected chi connectivity index (χ1v) is 5.60. The topological polar surface area (TPSA) is 37.3 Å². The molecule has 2 aromatic carbocycles. The predicted molar refractivity (Wildman–Crippen MR) is 63.8 cm³/mol. The molecule has 0 unspecified atom stereocenters. The van der Waals surface area contributed by atoms with Gasteiger partial charge in [0.05, 0.1) is 11.1 Å². The lowest BCUT2D eigenvalue weighted by Crippen LogP contribution is -2.08. The molecule has 0 fully saturated rings. The highest BCUT2D eigenvalue weighted by Gasteiger charge is 2.34. The van der Waals surface area contributed by atoms with Gasteiger partial charge in [0.15, 0.2) is 0 Å². The Bertz CT molecular complexity index is 707. The molecule has 0 aliphatic heterocycles. The number of carboxylic acids is 1. The van der Waals surface area contributed by atoms with Crippen LogP contribution in [0.5, 0.6) is 0 Å². The van der Waals surface area contributed by atoms with Crippen LogP contribution in [0, 0.1) is 11.6 Å². The van der Waals surface area contributed by atoms with Gasteiger partial charge in [-0.2, -0.15) is 13.2 Å². The smallest absolute Gasteiger partial charge is 0.419 e. The fourth-order valence-corrected chi connectivity index (χ4v) is 1.83. The number of alkyl halides is 3. The molecule has 110 valence electrons. The third-order valence-corrected chi connectivity index (χ3v) is 2.81. The summed E-state index contributed by atoms with van der Waals surface area (Å²) in [5.74, 6) is -4.21. The van der Waals surface area contributed by atoms with E-state index >= 15 is 0 Å². The Labute approximate surface area is 115 Å². The molecule has 0 amide bonds. The molecule has 0 radical (unpaired) electrons. The summed E-state index contributed by atoms with van der Waals surface area (Å²) in [6, 6.07) is 5.25. The van der Waals surface area contributed by atoms with Gasteiger partial charge in [-0.3, -0.25) is 0 Å². The van der Waals surface area contributed by atoms with E-state index in [1.807, 2.05) is 0 Å².